The molecule has 2 rings (SSSR count). The van der Waals surface area contributed by atoms with Crippen LogP contribution in [0.25, 0.3) is 0 Å². The maximum absolute atomic E-state index is 4.42. The number of nitrogens with one attached hydrogen (secondary N) is 2. The maximum atomic E-state index is 4.42. The molecule has 0 aromatic carbocycles. The van der Waals surface area contributed by atoms with Crippen molar-refractivity contribution in [1.82, 2.24) is 15.1 Å². The Labute approximate surface area is 102 Å². The van der Waals surface area contributed by atoms with E-state index in [0.717, 1.165) is 17.3 Å². The first kappa shape index (κ1) is 11.7. The normalized spacial score (nSPS) is 14.6. The van der Waals surface area contributed by atoms with Crippen molar-refractivity contribution in [1.29, 1.82) is 0 Å². The summed E-state index contributed by atoms with van der Waals surface area (Å²) in [5.41, 5.74) is 1.09. The lowest BCUT2D eigenvalue weighted by Crippen LogP contribution is -2.35. The zero-order valence-electron chi connectivity index (χ0n) is 10.6. The van der Waals surface area contributed by atoms with Crippen LogP contribution in [0.3, 0.4) is 0 Å². The molecular formula is C12H19N5. The SMILES string of the molecule is C=CCNC1=NCc2cnn(C(C)(C)C)c2N1. The van der Waals surface area contributed by atoms with Crippen LogP contribution in [0.2, 0.25) is 0 Å². The molecule has 0 amide bonds. The molecule has 0 atom stereocenters. The van der Waals surface area contributed by atoms with Gasteiger partial charge in [-0.2, -0.15) is 5.10 Å². The molecule has 92 valence electrons. The highest BCUT2D eigenvalue weighted by molar-refractivity contribution is 5.95. The molecule has 17 heavy (non-hydrogen) atoms. The van der Waals surface area contributed by atoms with Crippen LogP contribution in [-0.4, -0.2) is 22.3 Å². The van der Waals surface area contributed by atoms with Gasteiger partial charge in [-0.1, -0.05) is 6.08 Å². The van der Waals surface area contributed by atoms with Crippen molar-refractivity contribution in [3.05, 3.63) is 24.4 Å². The van der Waals surface area contributed by atoms with E-state index in [9.17, 15) is 0 Å². The second-order valence-corrected chi connectivity index (χ2v) is 5.06. The monoisotopic (exact) mass is 233 g/mol. The molecule has 0 fully saturated rings. The van der Waals surface area contributed by atoms with Gasteiger partial charge < -0.3 is 10.6 Å². The summed E-state index contributed by atoms with van der Waals surface area (Å²) < 4.78 is 1.99. The van der Waals surface area contributed by atoms with E-state index in [4.69, 9.17) is 0 Å². The number of aromatic nitrogens is 2. The van der Waals surface area contributed by atoms with Gasteiger partial charge in [0.15, 0.2) is 5.96 Å². The fraction of sp³-hybridized carbons (Fsp3) is 0.500. The minimum atomic E-state index is -0.0402. The highest BCUT2D eigenvalue weighted by Crippen LogP contribution is 2.26. The first-order chi connectivity index (χ1) is 8.02. The minimum absolute atomic E-state index is 0.0402. The highest BCUT2D eigenvalue weighted by Gasteiger charge is 2.23. The number of nitrogens with zero attached hydrogens (tertiary/aromatic N) is 3. The Bertz CT molecular complexity index is 450. The van der Waals surface area contributed by atoms with Gasteiger partial charge >= 0.3 is 0 Å². The Hall–Kier alpha value is -1.78. The van der Waals surface area contributed by atoms with Gasteiger partial charge in [0, 0.05) is 12.1 Å². The number of fused-ring (bicyclic) bond motifs is 1. The summed E-state index contributed by atoms with van der Waals surface area (Å²) in [7, 11) is 0. The van der Waals surface area contributed by atoms with E-state index in [1.165, 1.54) is 0 Å². The molecular weight excluding hydrogens is 214 g/mol. The van der Waals surface area contributed by atoms with Gasteiger partial charge in [0.25, 0.3) is 0 Å². The molecule has 0 saturated heterocycles. The predicted molar refractivity (Wildman–Crippen MR) is 70.2 cm³/mol. The Morgan fingerprint density at radius 3 is 3.00 bits per heavy atom. The van der Waals surface area contributed by atoms with E-state index in [-0.39, 0.29) is 5.54 Å². The van der Waals surface area contributed by atoms with E-state index in [1.54, 1.807) is 6.08 Å². The van der Waals surface area contributed by atoms with Crippen LogP contribution in [0.15, 0.2) is 23.8 Å². The first-order valence-electron chi connectivity index (χ1n) is 5.76. The standard InChI is InChI=1S/C12H19N5/c1-5-6-13-11-14-7-9-8-15-17(10(9)16-11)12(2,3)4/h5,8H,1,6-7H2,2-4H3,(H2,13,14,16). The fourth-order valence-corrected chi connectivity index (χ4v) is 1.72. The van der Waals surface area contributed by atoms with Crippen molar-refractivity contribution in [2.24, 2.45) is 4.99 Å². The molecule has 0 bridgehead atoms. The lowest BCUT2D eigenvalue weighted by molar-refractivity contribution is 0.361. The molecule has 5 nitrogen and oxygen atoms in total. The summed E-state index contributed by atoms with van der Waals surface area (Å²) in [5, 5.41) is 10.9. The summed E-state index contributed by atoms with van der Waals surface area (Å²) in [5.74, 6) is 1.81. The van der Waals surface area contributed by atoms with Crippen LogP contribution in [0.1, 0.15) is 26.3 Å². The zero-order chi connectivity index (χ0) is 12.5. The molecule has 0 saturated carbocycles. The summed E-state index contributed by atoms with van der Waals surface area (Å²) in [6.07, 6.45) is 3.68. The first-order valence-corrected chi connectivity index (χ1v) is 5.76. The smallest absolute Gasteiger partial charge is 0.197 e. The predicted octanol–water partition coefficient (Wildman–Crippen LogP) is 1.70. The van der Waals surface area contributed by atoms with E-state index in [1.807, 2.05) is 10.9 Å². The summed E-state index contributed by atoms with van der Waals surface area (Å²) in [6.45, 7) is 11.4. The van der Waals surface area contributed by atoms with Crippen LogP contribution < -0.4 is 10.6 Å². The molecule has 0 spiro atoms. The van der Waals surface area contributed by atoms with Crippen LogP contribution in [0.4, 0.5) is 5.82 Å². The van der Waals surface area contributed by atoms with E-state index >= 15 is 0 Å². The minimum Gasteiger partial charge on any atom is -0.353 e. The largest absolute Gasteiger partial charge is 0.353 e. The average Bonchev–Trinajstić information content (AvgIpc) is 2.68. The topological polar surface area (TPSA) is 54.2 Å². The summed E-state index contributed by atoms with van der Waals surface area (Å²) in [4.78, 5) is 4.40. The lowest BCUT2D eigenvalue weighted by Gasteiger charge is -2.25. The number of aliphatic imine (C=N–C) groups is 1. The van der Waals surface area contributed by atoms with Gasteiger partial charge in [0.05, 0.1) is 18.3 Å². The fourth-order valence-electron chi connectivity index (χ4n) is 1.72. The number of guanidine groups is 1. The van der Waals surface area contributed by atoms with Crippen LogP contribution in [-0.2, 0) is 12.1 Å². The zero-order valence-corrected chi connectivity index (χ0v) is 10.6. The third-order valence-electron chi connectivity index (χ3n) is 2.54. The van der Waals surface area contributed by atoms with E-state index < -0.39 is 0 Å². The molecule has 0 aliphatic carbocycles. The molecule has 2 N–H and O–H groups in total. The Morgan fingerprint density at radius 1 is 1.59 bits per heavy atom. The number of anilines is 1. The average molecular weight is 233 g/mol. The quantitative estimate of drug-likeness (QED) is 0.764. The number of hydrogen-bond donors (Lipinski definition) is 2. The molecule has 2 heterocycles. The maximum Gasteiger partial charge on any atom is 0.197 e. The van der Waals surface area contributed by atoms with Gasteiger partial charge in [-0.3, -0.25) is 0 Å². The van der Waals surface area contributed by atoms with E-state index in [2.05, 4.69) is 48.1 Å². The van der Waals surface area contributed by atoms with Crippen molar-refractivity contribution in [2.75, 3.05) is 11.9 Å². The van der Waals surface area contributed by atoms with Crippen molar-refractivity contribution >= 4 is 11.8 Å². The molecule has 1 aliphatic rings. The second kappa shape index (κ2) is 4.24. The van der Waals surface area contributed by atoms with Gasteiger partial charge in [-0.15, -0.1) is 6.58 Å². The molecule has 0 radical (unpaired) electrons. The third kappa shape index (κ3) is 2.33. The molecule has 1 aromatic rings. The molecule has 1 aliphatic heterocycles. The third-order valence-corrected chi connectivity index (χ3v) is 2.54. The van der Waals surface area contributed by atoms with Crippen molar-refractivity contribution < 1.29 is 0 Å². The Morgan fingerprint density at radius 2 is 2.35 bits per heavy atom. The van der Waals surface area contributed by atoms with Gasteiger partial charge in [-0.25, -0.2) is 9.67 Å². The van der Waals surface area contributed by atoms with Crippen molar-refractivity contribution in [3.8, 4) is 0 Å². The van der Waals surface area contributed by atoms with Gasteiger partial charge in [0.1, 0.15) is 5.82 Å². The van der Waals surface area contributed by atoms with Crippen LogP contribution >= 0.6 is 0 Å². The molecule has 0 unspecified atom stereocenters. The Kier molecular flexibility index (Phi) is 2.92. The molecule has 5 heteroatoms. The Balaban J connectivity index is 2.21. The highest BCUT2D eigenvalue weighted by atomic mass is 15.4. The van der Waals surface area contributed by atoms with Crippen LogP contribution in [0, 0.1) is 0 Å². The number of hydrogen-bond acceptors (Lipinski definition) is 4. The summed E-state index contributed by atoms with van der Waals surface area (Å²) in [6, 6.07) is 0. The van der Waals surface area contributed by atoms with E-state index in [0.29, 0.717) is 13.1 Å². The van der Waals surface area contributed by atoms with Gasteiger partial charge in [0.2, 0.25) is 0 Å². The van der Waals surface area contributed by atoms with Crippen molar-refractivity contribution in [2.45, 2.75) is 32.9 Å². The lowest BCUT2D eigenvalue weighted by atomic mass is 10.1. The number of rotatable bonds is 2. The van der Waals surface area contributed by atoms with Gasteiger partial charge in [-0.05, 0) is 20.8 Å². The summed E-state index contributed by atoms with van der Waals surface area (Å²) >= 11 is 0. The molecule has 1 aromatic heterocycles. The van der Waals surface area contributed by atoms with Crippen LogP contribution in [0.5, 0.6) is 0 Å². The second-order valence-electron chi connectivity index (χ2n) is 5.06. The van der Waals surface area contributed by atoms with Crippen molar-refractivity contribution in [3.63, 3.8) is 0 Å².